The summed E-state index contributed by atoms with van der Waals surface area (Å²) >= 11 is 0. The second kappa shape index (κ2) is 4.85. The van der Waals surface area contributed by atoms with E-state index in [1.54, 1.807) is 20.8 Å². The highest BCUT2D eigenvalue weighted by Gasteiger charge is 2.57. The van der Waals surface area contributed by atoms with Gasteiger partial charge in [0.15, 0.2) is 0 Å². The number of halogens is 3. The van der Waals surface area contributed by atoms with Gasteiger partial charge in [-0.1, -0.05) is 6.92 Å². The lowest BCUT2D eigenvalue weighted by Gasteiger charge is -2.30. The summed E-state index contributed by atoms with van der Waals surface area (Å²) in [5.74, 6) is -1.61. The minimum atomic E-state index is -4.37. The molecule has 2 atom stereocenters. The van der Waals surface area contributed by atoms with E-state index in [4.69, 9.17) is 10.5 Å². The molecule has 0 saturated carbocycles. The third kappa shape index (κ3) is 3.75. The summed E-state index contributed by atoms with van der Waals surface area (Å²) < 4.78 is 44.0. The van der Waals surface area contributed by atoms with Gasteiger partial charge in [-0.25, -0.2) is 4.79 Å². The largest absolute Gasteiger partial charge is 0.444 e. The van der Waals surface area contributed by atoms with Crippen molar-refractivity contribution in [3.05, 3.63) is 0 Å². The molecule has 7 heteroatoms. The van der Waals surface area contributed by atoms with Gasteiger partial charge < -0.3 is 15.4 Å². The Bertz CT molecular complexity index is 352. The van der Waals surface area contributed by atoms with Gasteiger partial charge in [0, 0.05) is 25.0 Å². The molecule has 1 fully saturated rings. The molecule has 1 aliphatic rings. The second-order valence-electron chi connectivity index (χ2n) is 6.31. The minimum absolute atomic E-state index is 0.0391. The van der Waals surface area contributed by atoms with Gasteiger partial charge in [-0.2, -0.15) is 13.2 Å². The van der Waals surface area contributed by atoms with Crippen molar-refractivity contribution in [1.29, 1.82) is 0 Å². The van der Waals surface area contributed by atoms with Crippen LogP contribution in [0.5, 0.6) is 0 Å². The normalized spacial score (nSPS) is 28.6. The lowest BCUT2D eigenvalue weighted by Crippen LogP contribution is -2.42. The van der Waals surface area contributed by atoms with Crippen molar-refractivity contribution in [2.24, 2.45) is 17.1 Å². The molecule has 0 spiro atoms. The zero-order valence-electron chi connectivity index (χ0n) is 11.7. The lowest BCUT2D eigenvalue weighted by atomic mass is 9.79. The van der Waals surface area contributed by atoms with Gasteiger partial charge in [0.05, 0.1) is 5.92 Å². The molecule has 0 aromatic heterocycles. The summed E-state index contributed by atoms with van der Waals surface area (Å²) in [4.78, 5) is 12.9. The molecule has 0 aromatic carbocycles. The van der Waals surface area contributed by atoms with Crippen LogP contribution in [0.3, 0.4) is 0 Å². The number of ether oxygens (including phenoxy) is 1. The molecule has 4 nitrogen and oxygen atoms in total. The molecular formula is C12H21F3N2O2. The number of carbonyl (C=O) groups is 1. The maximum Gasteiger partial charge on any atom is 0.410 e. The predicted octanol–water partition coefficient (Wildman–Crippen LogP) is 2.38. The highest BCUT2D eigenvalue weighted by atomic mass is 19.4. The van der Waals surface area contributed by atoms with E-state index in [0.717, 1.165) is 4.90 Å². The SMILES string of the molecule is CC(C)(C)OC(=O)N1C[C@@H](C(F)(F)F)[C@](C)(CN)C1. The van der Waals surface area contributed by atoms with E-state index in [-0.39, 0.29) is 13.1 Å². The average Bonchev–Trinajstić information content (AvgIpc) is 2.54. The van der Waals surface area contributed by atoms with Gasteiger partial charge in [-0.05, 0) is 20.8 Å². The molecule has 1 rings (SSSR count). The molecule has 0 aromatic rings. The molecule has 2 N–H and O–H groups in total. The molecule has 1 aliphatic heterocycles. The summed E-state index contributed by atoms with van der Waals surface area (Å²) in [5.41, 5.74) is 3.58. The molecule has 1 heterocycles. The first-order valence-electron chi connectivity index (χ1n) is 6.14. The van der Waals surface area contributed by atoms with E-state index >= 15 is 0 Å². The Morgan fingerprint density at radius 1 is 1.42 bits per heavy atom. The molecule has 1 amide bonds. The molecule has 0 unspecified atom stereocenters. The fraction of sp³-hybridized carbons (Fsp3) is 0.917. The van der Waals surface area contributed by atoms with Crippen molar-refractivity contribution in [2.45, 2.75) is 39.5 Å². The van der Waals surface area contributed by atoms with Gasteiger partial charge in [0.25, 0.3) is 0 Å². The van der Waals surface area contributed by atoms with Crippen LogP contribution in [0, 0.1) is 11.3 Å². The van der Waals surface area contributed by atoms with Crippen molar-refractivity contribution in [2.75, 3.05) is 19.6 Å². The van der Waals surface area contributed by atoms with Crippen LogP contribution >= 0.6 is 0 Å². The van der Waals surface area contributed by atoms with Gasteiger partial charge in [-0.3, -0.25) is 0 Å². The number of rotatable bonds is 1. The third-order valence-corrected chi connectivity index (χ3v) is 3.31. The maximum atomic E-state index is 13.0. The van der Waals surface area contributed by atoms with Gasteiger partial charge in [0.2, 0.25) is 0 Å². The van der Waals surface area contributed by atoms with E-state index in [9.17, 15) is 18.0 Å². The first kappa shape index (κ1) is 16.1. The standard InChI is InChI=1S/C12H21F3N2O2/c1-10(2,3)19-9(18)17-5-8(12(13,14)15)11(4,6-16)7-17/h8H,5-7,16H2,1-4H3/t8-,11-/m1/s1. The lowest BCUT2D eigenvalue weighted by molar-refractivity contribution is -0.191. The first-order chi connectivity index (χ1) is 8.39. The summed E-state index contributed by atoms with van der Waals surface area (Å²) in [6, 6.07) is 0. The zero-order chi connectivity index (χ0) is 15.1. The van der Waals surface area contributed by atoms with Crippen molar-refractivity contribution >= 4 is 6.09 Å². The minimum Gasteiger partial charge on any atom is -0.444 e. The number of alkyl halides is 3. The van der Waals surface area contributed by atoms with E-state index < -0.39 is 35.7 Å². The Balaban J connectivity index is 2.85. The quantitative estimate of drug-likeness (QED) is 0.803. The fourth-order valence-corrected chi connectivity index (χ4v) is 2.22. The predicted molar refractivity (Wildman–Crippen MR) is 64.5 cm³/mol. The number of hydrogen-bond donors (Lipinski definition) is 1. The number of nitrogens with zero attached hydrogens (tertiary/aromatic N) is 1. The highest BCUT2D eigenvalue weighted by molar-refractivity contribution is 5.68. The van der Waals surface area contributed by atoms with Crippen LogP contribution in [0.2, 0.25) is 0 Å². The maximum absolute atomic E-state index is 13.0. The summed E-state index contributed by atoms with van der Waals surface area (Å²) in [6.45, 7) is 5.90. The number of nitrogens with two attached hydrogens (primary N) is 1. The van der Waals surface area contributed by atoms with Crippen molar-refractivity contribution in [1.82, 2.24) is 4.90 Å². The Morgan fingerprint density at radius 3 is 2.26 bits per heavy atom. The molecule has 0 radical (unpaired) electrons. The molecule has 0 bridgehead atoms. The molecule has 19 heavy (non-hydrogen) atoms. The Kier molecular flexibility index (Phi) is 4.10. The van der Waals surface area contributed by atoms with Crippen LogP contribution in [-0.2, 0) is 4.74 Å². The number of carbonyl (C=O) groups excluding carboxylic acids is 1. The first-order valence-corrected chi connectivity index (χ1v) is 6.14. The van der Waals surface area contributed by atoms with E-state index in [1.807, 2.05) is 0 Å². The monoisotopic (exact) mass is 282 g/mol. The number of hydrogen-bond acceptors (Lipinski definition) is 3. The van der Waals surface area contributed by atoms with Crippen molar-refractivity contribution < 1.29 is 22.7 Å². The van der Waals surface area contributed by atoms with Crippen molar-refractivity contribution in [3.63, 3.8) is 0 Å². The van der Waals surface area contributed by atoms with E-state index in [0.29, 0.717) is 0 Å². The van der Waals surface area contributed by atoms with Crippen LogP contribution < -0.4 is 5.73 Å². The average molecular weight is 282 g/mol. The molecular weight excluding hydrogens is 261 g/mol. The Morgan fingerprint density at radius 2 is 1.95 bits per heavy atom. The van der Waals surface area contributed by atoms with Crippen LogP contribution in [0.1, 0.15) is 27.7 Å². The van der Waals surface area contributed by atoms with Gasteiger partial charge in [-0.15, -0.1) is 0 Å². The topological polar surface area (TPSA) is 55.6 Å². The molecule has 112 valence electrons. The number of amides is 1. The summed E-state index contributed by atoms with van der Waals surface area (Å²) in [7, 11) is 0. The summed E-state index contributed by atoms with van der Waals surface area (Å²) in [5, 5.41) is 0. The zero-order valence-corrected chi connectivity index (χ0v) is 11.7. The summed E-state index contributed by atoms with van der Waals surface area (Å²) in [6.07, 6.45) is -5.09. The van der Waals surface area contributed by atoms with Crippen LogP contribution in [0.25, 0.3) is 0 Å². The van der Waals surface area contributed by atoms with Gasteiger partial charge >= 0.3 is 12.3 Å². The van der Waals surface area contributed by atoms with Crippen LogP contribution in [-0.4, -0.2) is 42.4 Å². The molecule has 1 saturated heterocycles. The molecule has 0 aliphatic carbocycles. The fourth-order valence-electron chi connectivity index (χ4n) is 2.22. The Labute approximate surface area is 111 Å². The second-order valence-corrected chi connectivity index (χ2v) is 6.31. The smallest absolute Gasteiger partial charge is 0.410 e. The Hall–Kier alpha value is -0.980. The third-order valence-electron chi connectivity index (χ3n) is 3.31. The van der Waals surface area contributed by atoms with Crippen LogP contribution in [0.15, 0.2) is 0 Å². The van der Waals surface area contributed by atoms with Crippen molar-refractivity contribution in [3.8, 4) is 0 Å². The highest BCUT2D eigenvalue weighted by Crippen LogP contribution is 2.45. The number of likely N-dealkylation sites (tertiary alicyclic amines) is 1. The van der Waals surface area contributed by atoms with Crippen LogP contribution in [0.4, 0.5) is 18.0 Å². The van der Waals surface area contributed by atoms with Gasteiger partial charge in [0.1, 0.15) is 5.60 Å². The van der Waals surface area contributed by atoms with E-state index in [1.165, 1.54) is 6.92 Å². The van der Waals surface area contributed by atoms with E-state index in [2.05, 4.69) is 0 Å².